The molecular weight excluding hydrogens is 356 g/mol. The molecule has 0 aliphatic carbocycles. The van der Waals surface area contributed by atoms with Crippen LogP contribution in [0.5, 0.6) is 0 Å². The molecule has 0 radical (unpaired) electrons. The summed E-state index contributed by atoms with van der Waals surface area (Å²) in [6.45, 7) is 5.13. The molecule has 1 atom stereocenters. The van der Waals surface area contributed by atoms with Crippen molar-refractivity contribution in [3.8, 4) is 0 Å². The van der Waals surface area contributed by atoms with Crippen molar-refractivity contribution in [3.05, 3.63) is 51.6 Å². The van der Waals surface area contributed by atoms with Gasteiger partial charge in [0.2, 0.25) is 0 Å². The summed E-state index contributed by atoms with van der Waals surface area (Å²) >= 11 is 11.5. The number of rotatable bonds is 5. The number of pyridine rings is 1. The highest BCUT2D eigenvalue weighted by molar-refractivity contribution is 9.10. The van der Waals surface area contributed by atoms with Crippen molar-refractivity contribution < 1.29 is 0 Å². The monoisotopic (exact) mass is 370 g/mol. The standard InChI is InChI=1S/C15H16BrClN2S/c1-3-18-10(2)12-7-6-11(9-14(12)17)20-15-13(16)5-4-8-19-15/h4-10,18H,3H2,1-2H3. The van der Waals surface area contributed by atoms with Crippen LogP contribution in [0.15, 0.2) is 50.9 Å². The van der Waals surface area contributed by atoms with Crippen LogP contribution in [0.2, 0.25) is 5.02 Å². The Bertz CT molecular complexity index is 592. The van der Waals surface area contributed by atoms with Gasteiger partial charge in [0.1, 0.15) is 5.03 Å². The van der Waals surface area contributed by atoms with Gasteiger partial charge in [0.25, 0.3) is 0 Å². The number of hydrogen-bond donors (Lipinski definition) is 1. The molecule has 0 amide bonds. The molecule has 1 unspecified atom stereocenters. The molecule has 1 aromatic heterocycles. The van der Waals surface area contributed by atoms with Gasteiger partial charge in [0.15, 0.2) is 0 Å². The van der Waals surface area contributed by atoms with Crippen molar-refractivity contribution in [1.82, 2.24) is 10.3 Å². The lowest BCUT2D eigenvalue weighted by Crippen LogP contribution is -2.17. The quantitative estimate of drug-likeness (QED) is 0.770. The van der Waals surface area contributed by atoms with Crippen LogP contribution in [0.3, 0.4) is 0 Å². The summed E-state index contributed by atoms with van der Waals surface area (Å²) in [4.78, 5) is 5.44. The maximum atomic E-state index is 6.38. The van der Waals surface area contributed by atoms with E-state index in [4.69, 9.17) is 11.6 Å². The molecule has 1 N–H and O–H groups in total. The van der Waals surface area contributed by atoms with E-state index in [1.807, 2.05) is 18.2 Å². The van der Waals surface area contributed by atoms with Crippen LogP contribution >= 0.6 is 39.3 Å². The fourth-order valence-electron chi connectivity index (χ4n) is 1.90. The van der Waals surface area contributed by atoms with Gasteiger partial charge in [0.05, 0.1) is 4.47 Å². The van der Waals surface area contributed by atoms with Crippen molar-refractivity contribution in [3.63, 3.8) is 0 Å². The zero-order valence-corrected chi connectivity index (χ0v) is 14.5. The zero-order chi connectivity index (χ0) is 14.5. The van der Waals surface area contributed by atoms with Crippen LogP contribution in [0, 0.1) is 0 Å². The van der Waals surface area contributed by atoms with E-state index < -0.39 is 0 Å². The Morgan fingerprint density at radius 2 is 2.20 bits per heavy atom. The van der Waals surface area contributed by atoms with Crippen molar-refractivity contribution >= 4 is 39.3 Å². The average Bonchev–Trinajstić information content (AvgIpc) is 2.42. The van der Waals surface area contributed by atoms with Gasteiger partial charge in [-0.3, -0.25) is 0 Å². The third-order valence-electron chi connectivity index (χ3n) is 2.89. The van der Waals surface area contributed by atoms with Crippen molar-refractivity contribution in [2.75, 3.05) is 6.54 Å². The van der Waals surface area contributed by atoms with Crippen LogP contribution in [0.25, 0.3) is 0 Å². The molecule has 0 spiro atoms. The number of benzene rings is 1. The van der Waals surface area contributed by atoms with Crippen molar-refractivity contribution in [1.29, 1.82) is 0 Å². The molecule has 0 fully saturated rings. The van der Waals surface area contributed by atoms with E-state index in [9.17, 15) is 0 Å². The number of hydrogen-bond acceptors (Lipinski definition) is 3. The molecule has 0 aliphatic rings. The van der Waals surface area contributed by atoms with Gasteiger partial charge >= 0.3 is 0 Å². The second-order valence-corrected chi connectivity index (χ2v) is 6.68. The Balaban J connectivity index is 2.19. The molecule has 20 heavy (non-hydrogen) atoms. The van der Waals surface area contributed by atoms with E-state index in [1.54, 1.807) is 18.0 Å². The minimum absolute atomic E-state index is 0.258. The predicted molar refractivity (Wildman–Crippen MR) is 89.6 cm³/mol. The molecule has 5 heteroatoms. The summed E-state index contributed by atoms with van der Waals surface area (Å²) in [5.74, 6) is 0. The first-order chi connectivity index (χ1) is 9.61. The topological polar surface area (TPSA) is 24.9 Å². The van der Waals surface area contributed by atoms with Crippen LogP contribution in [-0.4, -0.2) is 11.5 Å². The Morgan fingerprint density at radius 1 is 1.40 bits per heavy atom. The number of aromatic nitrogens is 1. The predicted octanol–water partition coefficient (Wildman–Crippen LogP) is 5.32. The van der Waals surface area contributed by atoms with E-state index in [0.717, 1.165) is 31.5 Å². The Morgan fingerprint density at radius 3 is 2.85 bits per heavy atom. The second kappa shape index (κ2) is 7.46. The number of nitrogens with one attached hydrogen (secondary N) is 1. The van der Waals surface area contributed by atoms with Crippen molar-refractivity contribution in [2.24, 2.45) is 0 Å². The van der Waals surface area contributed by atoms with Gasteiger partial charge in [-0.2, -0.15) is 0 Å². The first-order valence-corrected chi connectivity index (χ1v) is 8.41. The summed E-state index contributed by atoms with van der Waals surface area (Å²) in [6.07, 6.45) is 1.79. The summed E-state index contributed by atoms with van der Waals surface area (Å²) in [5.41, 5.74) is 1.12. The maximum absolute atomic E-state index is 6.38. The molecule has 1 heterocycles. The van der Waals surface area contributed by atoms with Gasteiger partial charge in [0, 0.05) is 22.2 Å². The highest BCUT2D eigenvalue weighted by Gasteiger charge is 2.10. The molecule has 0 aliphatic heterocycles. The lowest BCUT2D eigenvalue weighted by Gasteiger charge is -2.15. The van der Waals surface area contributed by atoms with Crippen LogP contribution in [0.1, 0.15) is 25.5 Å². The largest absolute Gasteiger partial charge is 0.310 e. The molecule has 2 aromatic rings. The molecule has 0 saturated carbocycles. The molecule has 2 rings (SSSR count). The third-order valence-corrected chi connectivity index (χ3v) is 5.13. The Labute approximate surface area is 137 Å². The van der Waals surface area contributed by atoms with Crippen molar-refractivity contribution in [2.45, 2.75) is 29.8 Å². The molecule has 0 bridgehead atoms. The smallest absolute Gasteiger partial charge is 0.115 e. The molecule has 106 valence electrons. The summed E-state index contributed by atoms with van der Waals surface area (Å²) in [5, 5.41) is 5.10. The number of nitrogens with zero attached hydrogens (tertiary/aromatic N) is 1. The van der Waals surface area contributed by atoms with Crippen LogP contribution in [0.4, 0.5) is 0 Å². The third kappa shape index (κ3) is 3.98. The Kier molecular flexibility index (Phi) is 5.90. The fourth-order valence-corrected chi connectivity index (χ4v) is 3.62. The van der Waals surface area contributed by atoms with Gasteiger partial charge in [-0.05, 0) is 59.2 Å². The van der Waals surface area contributed by atoms with E-state index in [1.165, 1.54) is 0 Å². The maximum Gasteiger partial charge on any atom is 0.115 e. The lowest BCUT2D eigenvalue weighted by molar-refractivity contribution is 0.598. The molecule has 1 aromatic carbocycles. The zero-order valence-electron chi connectivity index (χ0n) is 11.4. The van der Waals surface area contributed by atoms with Gasteiger partial charge in [-0.1, -0.05) is 36.4 Å². The van der Waals surface area contributed by atoms with Gasteiger partial charge < -0.3 is 5.32 Å². The number of halogens is 2. The minimum atomic E-state index is 0.258. The molecule has 2 nitrogen and oxygen atoms in total. The van der Waals surface area contributed by atoms with Crippen LogP contribution < -0.4 is 5.32 Å². The average molecular weight is 372 g/mol. The molecular formula is C15H16BrClN2S. The second-order valence-electron chi connectivity index (χ2n) is 4.36. The molecule has 0 saturated heterocycles. The highest BCUT2D eigenvalue weighted by Crippen LogP contribution is 2.34. The van der Waals surface area contributed by atoms with E-state index in [-0.39, 0.29) is 6.04 Å². The SMILES string of the molecule is CCNC(C)c1ccc(Sc2ncccc2Br)cc1Cl. The van der Waals surface area contributed by atoms with Gasteiger partial charge in [-0.25, -0.2) is 4.98 Å². The Hall–Kier alpha value is -0.550. The first-order valence-electron chi connectivity index (χ1n) is 6.43. The minimum Gasteiger partial charge on any atom is -0.310 e. The highest BCUT2D eigenvalue weighted by atomic mass is 79.9. The summed E-state index contributed by atoms with van der Waals surface area (Å²) in [7, 11) is 0. The van der Waals surface area contributed by atoms with Gasteiger partial charge in [-0.15, -0.1) is 0 Å². The first kappa shape index (κ1) is 15.8. The fraction of sp³-hybridized carbons (Fsp3) is 0.267. The normalized spacial score (nSPS) is 12.4. The van der Waals surface area contributed by atoms with E-state index in [2.05, 4.69) is 52.2 Å². The summed E-state index contributed by atoms with van der Waals surface area (Å²) < 4.78 is 0.992. The van der Waals surface area contributed by atoms with E-state index >= 15 is 0 Å². The lowest BCUT2D eigenvalue weighted by atomic mass is 10.1. The summed E-state index contributed by atoms with van der Waals surface area (Å²) in [6, 6.07) is 10.3. The van der Waals surface area contributed by atoms with E-state index in [0.29, 0.717) is 0 Å². The van der Waals surface area contributed by atoms with Crippen LogP contribution in [-0.2, 0) is 0 Å².